The first-order valence-electron chi connectivity index (χ1n) is 13.7. The van der Waals surface area contributed by atoms with E-state index >= 15 is 0 Å². The van der Waals surface area contributed by atoms with Gasteiger partial charge in [-0.2, -0.15) is 0 Å². The number of nitrogen functional groups attached to an aromatic ring is 1. The Morgan fingerprint density at radius 1 is 1.14 bits per heavy atom. The van der Waals surface area contributed by atoms with Crippen LogP contribution in [0.1, 0.15) is 106 Å². The fraction of sp³-hybridized carbons (Fsp3) is 0.667. The Morgan fingerprint density at radius 3 is 2.19 bits per heavy atom. The zero-order chi connectivity index (χ0) is 28.1. The van der Waals surface area contributed by atoms with Crippen LogP contribution in [0.4, 0.5) is 10.5 Å². The Morgan fingerprint density at radius 2 is 1.75 bits per heavy atom. The van der Waals surface area contributed by atoms with Crippen molar-refractivity contribution in [3.05, 3.63) is 35.9 Å². The molecule has 6 nitrogen and oxygen atoms in total. The molecule has 0 radical (unpaired) electrons. The van der Waals surface area contributed by atoms with Crippen molar-refractivity contribution < 1.29 is 14.3 Å². The van der Waals surface area contributed by atoms with E-state index in [1.54, 1.807) is 4.90 Å². The molecule has 0 spiro atoms. The van der Waals surface area contributed by atoms with Crippen LogP contribution in [0.25, 0.3) is 5.57 Å². The van der Waals surface area contributed by atoms with E-state index in [4.69, 9.17) is 5.73 Å². The number of allylic oxidation sites excluding steroid dienone is 1. The minimum absolute atomic E-state index is 0.00269. The van der Waals surface area contributed by atoms with Crippen molar-refractivity contribution in [2.75, 3.05) is 19.3 Å². The Labute approximate surface area is 222 Å². The normalized spacial score (nSPS) is 12.7. The molecule has 2 amide bonds. The Kier molecular flexibility index (Phi) is 20.5. The summed E-state index contributed by atoms with van der Waals surface area (Å²) in [6.07, 6.45) is 8.42. The van der Waals surface area contributed by atoms with Gasteiger partial charge in [-0.3, -0.25) is 4.79 Å². The van der Waals surface area contributed by atoms with E-state index < -0.39 is 0 Å². The predicted molar refractivity (Wildman–Crippen MR) is 156 cm³/mol. The molecule has 0 saturated heterocycles. The summed E-state index contributed by atoms with van der Waals surface area (Å²) >= 11 is 0. The second kappa shape index (κ2) is 20.7. The van der Waals surface area contributed by atoms with E-state index in [0.29, 0.717) is 13.0 Å². The van der Waals surface area contributed by atoms with Crippen LogP contribution in [0.3, 0.4) is 0 Å². The Bertz CT molecular complexity index is 747. The van der Waals surface area contributed by atoms with Crippen LogP contribution in [-0.4, -0.2) is 43.1 Å². The largest absolute Gasteiger partial charge is 0.465 e. The second-order valence-corrected chi connectivity index (χ2v) is 9.50. The summed E-state index contributed by atoms with van der Waals surface area (Å²) in [6, 6.07) is 8.22. The number of hydrogen-bond acceptors (Lipinski definition) is 4. The smallest absolute Gasteiger partial charge is 0.317 e. The molecule has 36 heavy (non-hydrogen) atoms. The van der Waals surface area contributed by atoms with E-state index in [0.717, 1.165) is 49.8 Å². The van der Waals surface area contributed by atoms with Crippen molar-refractivity contribution >= 4 is 23.8 Å². The summed E-state index contributed by atoms with van der Waals surface area (Å²) in [5.41, 5.74) is 9.07. The monoisotopic (exact) mass is 505 g/mol. The number of para-hydroxylation sites is 1. The van der Waals surface area contributed by atoms with Crippen molar-refractivity contribution in [1.29, 1.82) is 0 Å². The second-order valence-electron chi connectivity index (χ2n) is 9.50. The Balaban J connectivity index is 0. The third-order valence-corrected chi connectivity index (χ3v) is 5.96. The zero-order valence-corrected chi connectivity index (χ0v) is 24.8. The molecule has 0 aliphatic rings. The predicted octanol–water partition coefficient (Wildman–Crippen LogP) is 7.68. The molecule has 2 atom stereocenters. The number of carbonyl (C=O) groups excluding carboxylic acids is 2. The van der Waals surface area contributed by atoms with E-state index in [-0.39, 0.29) is 23.6 Å². The van der Waals surface area contributed by atoms with E-state index in [1.807, 2.05) is 52.9 Å². The molecule has 1 rings (SSSR count). The maximum absolute atomic E-state index is 12.7. The Hall–Kier alpha value is -2.50. The number of benzene rings is 1. The van der Waals surface area contributed by atoms with Crippen LogP contribution < -0.4 is 11.1 Å². The fourth-order valence-corrected chi connectivity index (χ4v) is 3.75. The number of rotatable bonds is 13. The lowest BCUT2D eigenvalue weighted by Crippen LogP contribution is -2.46. The van der Waals surface area contributed by atoms with E-state index in [2.05, 4.69) is 56.8 Å². The molecule has 0 bridgehead atoms. The van der Waals surface area contributed by atoms with Gasteiger partial charge in [0.25, 0.3) is 6.47 Å². The zero-order valence-electron chi connectivity index (χ0n) is 24.8. The SMILES string of the molecule is CC.CC/C=C(/c1ccccc1N)C(C)(C)CN(C)C(=O)NC(CC)CCCC.CCC(C)OC=O. The number of unbranched alkanes of at least 4 members (excludes halogenated alkanes) is 1. The number of hydrogen-bond donors (Lipinski definition) is 2. The number of ether oxygens (including phenoxy) is 1. The molecule has 6 heteroatoms. The minimum Gasteiger partial charge on any atom is -0.465 e. The summed E-state index contributed by atoms with van der Waals surface area (Å²) in [5, 5.41) is 3.19. The van der Waals surface area contributed by atoms with Crippen molar-refractivity contribution in [3.8, 4) is 0 Å². The molecule has 0 aromatic heterocycles. The number of nitrogens with two attached hydrogens (primary N) is 1. The van der Waals surface area contributed by atoms with Crippen molar-refractivity contribution in [2.24, 2.45) is 5.41 Å². The first kappa shape index (κ1) is 35.7. The van der Waals surface area contributed by atoms with Gasteiger partial charge in [0.05, 0.1) is 6.10 Å². The van der Waals surface area contributed by atoms with Crippen LogP contribution in [0.15, 0.2) is 30.3 Å². The molecule has 1 aromatic carbocycles. The van der Waals surface area contributed by atoms with Gasteiger partial charge in [-0.25, -0.2) is 4.79 Å². The van der Waals surface area contributed by atoms with Gasteiger partial charge in [0.2, 0.25) is 0 Å². The van der Waals surface area contributed by atoms with E-state index in [9.17, 15) is 9.59 Å². The van der Waals surface area contributed by atoms with Gasteiger partial charge in [0.1, 0.15) is 0 Å². The highest BCUT2D eigenvalue weighted by Gasteiger charge is 2.29. The first-order chi connectivity index (χ1) is 17.1. The standard InChI is InChI=1S/C23H39N3O.C5H10O2.C2H6/c1-7-10-14-18(9-3)25-22(27)26(6)17-23(4,5)20(13-8-2)19-15-11-12-16-21(19)24;1-3-5(2)7-4-6;1-2/h11-13,15-16,18H,7-10,14,17,24H2,1-6H3,(H,25,27);4-5H,3H2,1-2H3;1-2H3/b20-13-;;. The maximum Gasteiger partial charge on any atom is 0.317 e. The summed E-state index contributed by atoms with van der Waals surface area (Å²) in [6.45, 7) is 19.7. The van der Waals surface area contributed by atoms with Crippen molar-refractivity contribution in [3.63, 3.8) is 0 Å². The highest BCUT2D eigenvalue weighted by atomic mass is 16.5. The van der Waals surface area contributed by atoms with Crippen LogP contribution in [0, 0.1) is 5.41 Å². The number of nitrogens with one attached hydrogen (secondary N) is 1. The molecule has 3 N–H and O–H groups in total. The third kappa shape index (κ3) is 14.2. The maximum atomic E-state index is 12.7. The van der Waals surface area contributed by atoms with Gasteiger partial charge < -0.3 is 20.7 Å². The number of anilines is 1. The quantitative estimate of drug-likeness (QED) is 0.213. The lowest BCUT2D eigenvalue weighted by molar-refractivity contribution is -0.132. The fourth-order valence-electron chi connectivity index (χ4n) is 3.75. The molecular weight excluding hydrogens is 450 g/mol. The number of urea groups is 1. The number of carbonyl (C=O) groups is 2. The van der Waals surface area contributed by atoms with Gasteiger partial charge >= 0.3 is 6.03 Å². The van der Waals surface area contributed by atoms with Gasteiger partial charge in [0.15, 0.2) is 0 Å². The third-order valence-electron chi connectivity index (χ3n) is 5.96. The van der Waals surface area contributed by atoms with Crippen LogP contribution >= 0.6 is 0 Å². The average Bonchev–Trinajstić information content (AvgIpc) is 2.86. The summed E-state index contributed by atoms with van der Waals surface area (Å²) in [5.74, 6) is 0. The highest BCUT2D eigenvalue weighted by Crippen LogP contribution is 2.38. The number of nitrogens with zero attached hydrogens (tertiary/aromatic N) is 1. The molecular formula is C30H55N3O3. The molecule has 1 aromatic rings. The lowest BCUT2D eigenvalue weighted by Gasteiger charge is -2.34. The van der Waals surface area contributed by atoms with Crippen molar-refractivity contribution in [1.82, 2.24) is 10.2 Å². The van der Waals surface area contributed by atoms with Gasteiger partial charge in [-0.15, -0.1) is 0 Å². The molecule has 0 aliphatic heterocycles. The molecule has 0 heterocycles. The summed E-state index contributed by atoms with van der Waals surface area (Å²) < 4.78 is 4.51. The first-order valence-corrected chi connectivity index (χ1v) is 13.7. The van der Waals surface area contributed by atoms with Crippen LogP contribution in [-0.2, 0) is 9.53 Å². The van der Waals surface area contributed by atoms with Gasteiger partial charge in [0, 0.05) is 36.3 Å². The van der Waals surface area contributed by atoms with Gasteiger partial charge in [-0.05, 0) is 44.2 Å². The molecule has 0 saturated carbocycles. The van der Waals surface area contributed by atoms with Crippen molar-refractivity contribution in [2.45, 2.75) is 113 Å². The molecule has 0 fully saturated rings. The average molecular weight is 506 g/mol. The summed E-state index contributed by atoms with van der Waals surface area (Å²) in [4.78, 5) is 24.1. The van der Waals surface area contributed by atoms with Crippen LogP contribution in [0.5, 0.6) is 0 Å². The number of amides is 2. The summed E-state index contributed by atoms with van der Waals surface area (Å²) in [7, 11) is 1.88. The molecule has 208 valence electrons. The lowest BCUT2D eigenvalue weighted by atomic mass is 9.78. The van der Waals surface area contributed by atoms with E-state index in [1.165, 1.54) is 5.57 Å². The highest BCUT2D eigenvalue weighted by molar-refractivity contribution is 5.79. The van der Waals surface area contributed by atoms with Crippen LogP contribution in [0.2, 0.25) is 0 Å². The molecule has 0 aliphatic carbocycles. The topological polar surface area (TPSA) is 84.7 Å². The minimum atomic E-state index is -0.206. The van der Waals surface area contributed by atoms with Gasteiger partial charge in [-0.1, -0.05) is 92.5 Å². The molecule has 2 unspecified atom stereocenters.